The first-order valence-electron chi connectivity index (χ1n) is 7.92. The third-order valence-corrected chi connectivity index (χ3v) is 7.06. The molecule has 0 amide bonds. The Morgan fingerprint density at radius 3 is 2.30 bits per heavy atom. The first kappa shape index (κ1) is 13.1. The van der Waals surface area contributed by atoms with E-state index >= 15 is 0 Å². The van der Waals surface area contributed by atoms with Crippen LogP contribution in [0.2, 0.25) is 0 Å². The van der Waals surface area contributed by atoms with Gasteiger partial charge in [0.05, 0.1) is 0 Å². The van der Waals surface area contributed by atoms with Crippen molar-refractivity contribution in [1.82, 2.24) is 0 Å². The molecule has 4 aliphatic carbocycles. The van der Waals surface area contributed by atoms with Crippen molar-refractivity contribution in [1.29, 1.82) is 0 Å². The summed E-state index contributed by atoms with van der Waals surface area (Å²) in [6.07, 6.45) is 7.50. The van der Waals surface area contributed by atoms with Crippen molar-refractivity contribution >= 4 is 17.1 Å². The molecule has 1 aromatic rings. The number of thiophene rings is 1. The van der Waals surface area contributed by atoms with Crippen LogP contribution in [0.3, 0.4) is 0 Å². The lowest BCUT2D eigenvalue weighted by Gasteiger charge is -2.64. The summed E-state index contributed by atoms with van der Waals surface area (Å²) in [6.45, 7) is 6.98. The molecular weight excluding hydrogens is 264 g/mol. The highest BCUT2D eigenvalue weighted by Gasteiger charge is 2.62. The summed E-state index contributed by atoms with van der Waals surface area (Å²) in [5, 5.41) is 2.08. The molecule has 0 N–H and O–H groups in total. The fourth-order valence-electron chi connectivity index (χ4n) is 6.61. The second-order valence-electron chi connectivity index (χ2n) is 8.63. The van der Waals surface area contributed by atoms with Gasteiger partial charge in [0, 0.05) is 15.9 Å². The highest BCUT2D eigenvalue weighted by molar-refractivity contribution is 7.10. The zero-order valence-corrected chi connectivity index (χ0v) is 13.6. The largest absolute Gasteiger partial charge is 0.294 e. The molecule has 5 rings (SSSR count). The summed E-state index contributed by atoms with van der Waals surface area (Å²) in [7, 11) is 0. The number of hydrogen-bond donors (Lipinski definition) is 0. The summed E-state index contributed by atoms with van der Waals surface area (Å²) in [5.41, 5.74) is 1.83. The van der Waals surface area contributed by atoms with E-state index < -0.39 is 0 Å². The molecule has 4 bridgehead atoms. The van der Waals surface area contributed by atoms with Crippen LogP contribution in [0.4, 0.5) is 0 Å². The van der Waals surface area contributed by atoms with Crippen molar-refractivity contribution in [3.05, 3.63) is 21.9 Å². The van der Waals surface area contributed by atoms with E-state index in [2.05, 4.69) is 32.2 Å². The Hall–Kier alpha value is -0.630. The predicted octanol–water partition coefficient (Wildman–Crippen LogP) is 5.24. The van der Waals surface area contributed by atoms with Gasteiger partial charge in [-0.1, -0.05) is 13.8 Å². The van der Waals surface area contributed by atoms with Crippen molar-refractivity contribution in [3.63, 3.8) is 0 Å². The minimum Gasteiger partial charge on any atom is -0.294 e. The van der Waals surface area contributed by atoms with E-state index in [0.29, 0.717) is 16.6 Å². The Labute approximate surface area is 125 Å². The van der Waals surface area contributed by atoms with E-state index in [4.69, 9.17) is 0 Å². The minimum atomic E-state index is -0.0330. The highest BCUT2D eigenvalue weighted by atomic mass is 32.1. The maximum Gasteiger partial charge on any atom is 0.170 e. The minimum absolute atomic E-state index is 0.0330. The van der Waals surface area contributed by atoms with Crippen LogP contribution in [-0.2, 0) is 0 Å². The molecule has 0 aliphatic heterocycles. The summed E-state index contributed by atoms with van der Waals surface area (Å²) < 4.78 is 0. The molecule has 0 spiro atoms. The number of hydrogen-bond acceptors (Lipinski definition) is 2. The van der Waals surface area contributed by atoms with Gasteiger partial charge >= 0.3 is 0 Å². The average molecular weight is 288 g/mol. The fraction of sp³-hybridized carbons (Fsp3) is 0.722. The standard InChI is InChI=1S/C18H24OS/c1-12-14(4-5-20-12)15(19)18-8-13-6-16(2,10-18)9-17(3,7-13)11-18/h4-5,13H,6-11H2,1-3H3. The lowest BCUT2D eigenvalue weighted by atomic mass is 9.39. The van der Waals surface area contributed by atoms with E-state index in [1.165, 1.54) is 24.1 Å². The number of aryl methyl sites for hydroxylation is 1. The lowest BCUT2D eigenvalue weighted by molar-refractivity contribution is -0.125. The SMILES string of the molecule is Cc1sccc1C(=O)C12CC3CC(C)(CC(C)(C3)C1)C2. The fourth-order valence-corrected chi connectivity index (χ4v) is 7.30. The maximum atomic E-state index is 13.3. The van der Waals surface area contributed by atoms with Crippen LogP contribution in [0.15, 0.2) is 11.4 Å². The molecule has 2 unspecified atom stereocenters. The van der Waals surface area contributed by atoms with E-state index in [1.54, 1.807) is 11.3 Å². The molecule has 2 atom stereocenters. The molecule has 108 valence electrons. The lowest BCUT2D eigenvalue weighted by Crippen LogP contribution is -2.57. The Balaban J connectivity index is 1.78. The van der Waals surface area contributed by atoms with Crippen LogP contribution in [0.1, 0.15) is 67.6 Å². The van der Waals surface area contributed by atoms with Crippen molar-refractivity contribution < 1.29 is 4.79 Å². The number of Topliss-reactive ketones (excluding diaryl/α,β-unsaturated/α-hetero) is 1. The van der Waals surface area contributed by atoms with Crippen LogP contribution in [0, 0.1) is 29.1 Å². The molecule has 1 nitrogen and oxygen atoms in total. The van der Waals surface area contributed by atoms with E-state index in [9.17, 15) is 4.79 Å². The van der Waals surface area contributed by atoms with E-state index in [1.807, 2.05) is 0 Å². The van der Waals surface area contributed by atoms with Crippen molar-refractivity contribution in [2.75, 3.05) is 0 Å². The number of carbonyl (C=O) groups is 1. The molecule has 4 saturated carbocycles. The van der Waals surface area contributed by atoms with Gasteiger partial charge in [-0.2, -0.15) is 0 Å². The first-order chi connectivity index (χ1) is 9.33. The van der Waals surface area contributed by atoms with Crippen molar-refractivity contribution in [2.24, 2.45) is 22.2 Å². The molecule has 0 aromatic carbocycles. The van der Waals surface area contributed by atoms with E-state index in [0.717, 1.165) is 30.7 Å². The van der Waals surface area contributed by atoms with Crippen LogP contribution >= 0.6 is 11.3 Å². The van der Waals surface area contributed by atoms with E-state index in [-0.39, 0.29) is 5.41 Å². The average Bonchev–Trinajstić information content (AvgIpc) is 2.69. The quantitative estimate of drug-likeness (QED) is 0.680. The molecule has 0 radical (unpaired) electrons. The topological polar surface area (TPSA) is 17.1 Å². The number of carbonyl (C=O) groups excluding carboxylic acids is 1. The zero-order chi connectivity index (χ0) is 14.2. The molecule has 1 aromatic heterocycles. The molecule has 0 saturated heterocycles. The van der Waals surface area contributed by atoms with Crippen LogP contribution in [0.25, 0.3) is 0 Å². The monoisotopic (exact) mass is 288 g/mol. The van der Waals surface area contributed by atoms with Gasteiger partial charge < -0.3 is 0 Å². The maximum absolute atomic E-state index is 13.3. The predicted molar refractivity (Wildman–Crippen MR) is 83.2 cm³/mol. The second-order valence-corrected chi connectivity index (χ2v) is 9.75. The normalized spacial score (nSPS) is 45.9. The van der Waals surface area contributed by atoms with Crippen molar-refractivity contribution in [3.8, 4) is 0 Å². The first-order valence-corrected chi connectivity index (χ1v) is 8.80. The van der Waals surface area contributed by atoms with Gasteiger partial charge in [0.2, 0.25) is 0 Å². The van der Waals surface area contributed by atoms with Gasteiger partial charge in [-0.3, -0.25) is 4.79 Å². The molecule has 4 fully saturated rings. The Kier molecular flexibility index (Phi) is 2.46. The van der Waals surface area contributed by atoms with Gasteiger partial charge in [-0.15, -0.1) is 11.3 Å². The van der Waals surface area contributed by atoms with Crippen LogP contribution in [-0.4, -0.2) is 5.78 Å². The Morgan fingerprint density at radius 2 is 1.80 bits per heavy atom. The third-order valence-electron chi connectivity index (χ3n) is 6.21. The third kappa shape index (κ3) is 1.70. The highest BCUT2D eigenvalue weighted by Crippen LogP contribution is 2.70. The summed E-state index contributed by atoms with van der Waals surface area (Å²) in [5.74, 6) is 1.27. The number of rotatable bonds is 2. The van der Waals surface area contributed by atoms with Gasteiger partial charge in [-0.25, -0.2) is 0 Å². The number of ketones is 1. The van der Waals surface area contributed by atoms with Crippen LogP contribution in [0.5, 0.6) is 0 Å². The summed E-state index contributed by atoms with van der Waals surface area (Å²) in [6, 6.07) is 2.06. The second kappa shape index (κ2) is 3.76. The van der Waals surface area contributed by atoms with Gasteiger partial charge in [0.15, 0.2) is 5.78 Å². The molecule has 4 aliphatic rings. The summed E-state index contributed by atoms with van der Waals surface area (Å²) >= 11 is 1.71. The molecular formula is C18H24OS. The molecule has 2 heteroatoms. The molecule has 1 heterocycles. The Bertz CT molecular complexity index is 566. The zero-order valence-electron chi connectivity index (χ0n) is 12.8. The van der Waals surface area contributed by atoms with Gasteiger partial charge in [-0.05, 0) is 73.6 Å². The van der Waals surface area contributed by atoms with Gasteiger partial charge in [0.25, 0.3) is 0 Å². The van der Waals surface area contributed by atoms with Gasteiger partial charge in [0.1, 0.15) is 0 Å². The summed E-state index contributed by atoms with van der Waals surface area (Å²) in [4.78, 5) is 14.5. The Morgan fingerprint density at radius 1 is 1.15 bits per heavy atom. The van der Waals surface area contributed by atoms with Crippen LogP contribution < -0.4 is 0 Å². The van der Waals surface area contributed by atoms with Crippen molar-refractivity contribution in [2.45, 2.75) is 59.3 Å². The smallest absolute Gasteiger partial charge is 0.170 e. The molecule has 20 heavy (non-hydrogen) atoms.